The van der Waals surface area contributed by atoms with Crippen LogP contribution in [-0.4, -0.2) is 55.5 Å². The Hall–Kier alpha value is -3.09. The molecule has 170 valence electrons. The highest BCUT2D eigenvalue weighted by Gasteiger charge is 2.19. The third-order valence-electron chi connectivity index (χ3n) is 4.47. The molecule has 0 saturated heterocycles. The van der Waals surface area contributed by atoms with Crippen LogP contribution in [0.4, 0.5) is 0 Å². The van der Waals surface area contributed by atoms with Crippen LogP contribution in [0.15, 0.2) is 51.1 Å². The third kappa shape index (κ3) is 5.78. The highest BCUT2D eigenvalue weighted by atomic mass is 32.2. The van der Waals surface area contributed by atoms with Crippen LogP contribution in [-0.2, 0) is 21.4 Å². The zero-order chi connectivity index (χ0) is 23.1. The second-order valence-electron chi connectivity index (χ2n) is 6.71. The van der Waals surface area contributed by atoms with E-state index in [1.54, 1.807) is 0 Å². The van der Waals surface area contributed by atoms with Crippen molar-refractivity contribution in [1.29, 1.82) is 0 Å². The van der Waals surface area contributed by atoms with E-state index in [4.69, 9.17) is 4.42 Å². The van der Waals surface area contributed by atoms with Gasteiger partial charge in [0.1, 0.15) is 0 Å². The fourth-order valence-corrected chi connectivity index (χ4v) is 4.19. The van der Waals surface area contributed by atoms with Crippen molar-refractivity contribution in [3.8, 4) is 10.8 Å². The molecule has 2 aromatic heterocycles. The average Bonchev–Trinajstić information content (AvgIpc) is 3.49. The lowest BCUT2D eigenvalue weighted by Gasteiger charge is -2.20. The first-order valence-corrected chi connectivity index (χ1v) is 12.2. The van der Waals surface area contributed by atoms with Crippen molar-refractivity contribution in [2.24, 2.45) is 0 Å². The van der Waals surface area contributed by atoms with Gasteiger partial charge in [-0.3, -0.25) is 9.59 Å². The maximum atomic E-state index is 12.7. The summed E-state index contributed by atoms with van der Waals surface area (Å²) in [4.78, 5) is 27.5. The maximum absolute atomic E-state index is 12.7. The van der Waals surface area contributed by atoms with Crippen molar-refractivity contribution < 1.29 is 22.4 Å². The van der Waals surface area contributed by atoms with Crippen molar-refractivity contribution >= 4 is 33.2 Å². The normalized spacial score (nSPS) is 11.3. The quantitative estimate of drug-likeness (QED) is 0.455. The molecule has 0 atom stereocenters. The summed E-state index contributed by atoms with van der Waals surface area (Å²) in [5.41, 5.74) is 0.243. The molecule has 3 aromatic rings. The van der Waals surface area contributed by atoms with Gasteiger partial charge in [0.25, 0.3) is 11.8 Å². The maximum Gasteiger partial charge on any atom is 0.257 e. The van der Waals surface area contributed by atoms with Gasteiger partial charge in [0.2, 0.25) is 21.8 Å². The number of benzene rings is 1. The summed E-state index contributed by atoms with van der Waals surface area (Å²) in [5, 5.41) is 12.5. The highest BCUT2D eigenvalue weighted by Crippen LogP contribution is 2.23. The van der Waals surface area contributed by atoms with Crippen LogP contribution in [0.2, 0.25) is 0 Å². The Morgan fingerprint density at radius 3 is 2.53 bits per heavy atom. The number of nitrogens with zero attached hydrogens (tertiary/aromatic N) is 3. The summed E-state index contributed by atoms with van der Waals surface area (Å²) in [7, 11) is -2.28. The Morgan fingerprint density at radius 1 is 1.16 bits per heavy atom. The van der Waals surface area contributed by atoms with Gasteiger partial charge >= 0.3 is 0 Å². The molecule has 10 nitrogen and oxygen atoms in total. The number of hydrogen-bond acceptors (Lipinski definition) is 8. The van der Waals surface area contributed by atoms with Gasteiger partial charge in [0, 0.05) is 12.1 Å². The van der Waals surface area contributed by atoms with Crippen molar-refractivity contribution in [3.63, 3.8) is 0 Å². The molecule has 32 heavy (non-hydrogen) atoms. The molecule has 0 aliphatic rings. The summed E-state index contributed by atoms with van der Waals surface area (Å²) in [6.45, 7) is 2.31. The molecule has 0 aliphatic carbocycles. The standard InChI is InChI=1S/C20H23N5O5S2/c1-3-10-25(13-17-23-24-20(30-17)16-5-4-11-31-16)18(26)12-22-19(27)14-6-8-15(9-7-14)32(28,29)21-2/h4-9,11,21H,3,10,12-13H2,1-2H3,(H,22,27). The zero-order valence-electron chi connectivity index (χ0n) is 17.6. The molecule has 0 aliphatic heterocycles. The molecule has 2 amide bonds. The van der Waals surface area contributed by atoms with Crippen molar-refractivity contribution in [2.45, 2.75) is 24.8 Å². The SMILES string of the molecule is CCCN(Cc1nnc(-c2cccs2)o1)C(=O)CNC(=O)c1ccc(S(=O)(=O)NC)cc1. The summed E-state index contributed by atoms with van der Waals surface area (Å²) in [6, 6.07) is 9.18. The van der Waals surface area contributed by atoms with Crippen molar-refractivity contribution in [2.75, 3.05) is 20.1 Å². The predicted octanol–water partition coefficient (Wildman–Crippen LogP) is 1.87. The minimum absolute atomic E-state index is 0.0447. The van der Waals surface area contributed by atoms with Crippen LogP contribution in [0.25, 0.3) is 10.8 Å². The summed E-state index contributed by atoms with van der Waals surface area (Å²) < 4.78 is 31.4. The van der Waals surface area contributed by atoms with E-state index in [0.717, 1.165) is 4.88 Å². The molecule has 12 heteroatoms. The van der Waals surface area contributed by atoms with Crippen LogP contribution in [0.1, 0.15) is 29.6 Å². The fourth-order valence-electron chi connectivity index (χ4n) is 2.82. The summed E-state index contributed by atoms with van der Waals surface area (Å²) >= 11 is 1.48. The van der Waals surface area contributed by atoms with Gasteiger partial charge in [0.05, 0.1) is 22.9 Å². The number of carbonyl (C=O) groups is 2. The molecule has 2 N–H and O–H groups in total. The highest BCUT2D eigenvalue weighted by molar-refractivity contribution is 7.89. The second kappa shape index (κ2) is 10.5. The molecular formula is C20H23N5O5S2. The number of carbonyl (C=O) groups excluding carboxylic acids is 2. The van der Waals surface area contributed by atoms with Gasteiger partial charge in [-0.2, -0.15) is 0 Å². The molecule has 0 saturated carbocycles. The van der Waals surface area contributed by atoms with E-state index >= 15 is 0 Å². The average molecular weight is 478 g/mol. The predicted molar refractivity (Wildman–Crippen MR) is 118 cm³/mol. The van der Waals surface area contributed by atoms with Crippen LogP contribution >= 0.6 is 11.3 Å². The Bertz CT molecular complexity index is 1160. The third-order valence-corrected chi connectivity index (χ3v) is 6.75. The number of aromatic nitrogens is 2. The van der Waals surface area contributed by atoms with E-state index in [-0.39, 0.29) is 29.5 Å². The molecule has 0 fully saturated rings. The molecule has 0 unspecified atom stereocenters. The second-order valence-corrected chi connectivity index (χ2v) is 9.54. The smallest absolute Gasteiger partial charge is 0.257 e. The van der Waals surface area contributed by atoms with Gasteiger partial charge in [-0.1, -0.05) is 13.0 Å². The Kier molecular flexibility index (Phi) is 7.72. The monoisotopic (exact) mass is 477 g/mol. The minimum Gasteiger partial charge on any atom is -0.418 e. The summed E-state index contributed by atoms with van der Waals surface area (Å²) in [5.74, 6) is -0.0785. The van der Waals surface area contributed by atoms with Crippen LogP contribution in [0.3, 0.4) is 0 Å². The van der Waals surface area contributed by atoms with Crippen LogP contribution in [0, 0.1) is 0 Å². The number of sulfonamides is 1. The Morgan fingerprint density at radius 2 is 1.91 bits per heavy atom. The molecule has 0 bridgehead atoms. The number of thiophene rings is 1. The van der Waals surface area contributed by atoms with E-state index in [2.05, 4.69) is 20.2 Å². The molecule has 1 aromatic carbocycles. The molecule has 0 spiro atoms. The van der Waals surface area contributed by atoms with Crippen molar-refractivity contribution in [3.05, 3.63) is 53.2 Å². The van der Waals surface area contributed by atoms with E-state index in [0.29, 0.717) is 24.7 Å². The lowest BCUT2D eigenvalue weighted by atomic mass is 10.2. The Balaban J connectivity index is 1.59. The van der Waals surface area contributed by atoms with Crippen LogP contribution < -0.4 is 10.0 Å². The van der Waals surface area contributed by atoms with Gasteiger partial charge in [-0.15, -0.1) is 21.5 Å². The van der Waals surface area contributed by atoms with E-state index in [9.17, 15) is 18.0 Å². The van der Waals surface area contributed by atoms with Crippen molar-refractivity contribution in [1.82, 2.24) is 25.1 Å². The van der Waals surface area contributed by atoms with E-state index in [1.165, 1.54) is 47.5 Å². The number of hydrogen-bond donors (Lipinski definition) is 2. The van der Waals surface area contributed by atoms with Gasteiger partial charge in [-0.05, 0) is 49.2 Å². The molecular weight excluding hydrogens is 454 g/mol. The first-order chi connectivity index (χ1) is 15.3. The van der Waals surface area contributed by atoms with Crippen LogP contribution in [0.5, 0.6) is 0 Å². The zero-order valence-corrected chi connectivity index (χ0v) is 19.2. The first kappa shape index (κ1) is 23.6. The number of amides is 2. The molecule has 3 rings (SSSR count). The van der Waals surface area contributed by atoms with Gasteiger partial charge < -0.3 is 14.6 Å². The lowest BCUT2D eigenvalue weighted by Crippen LogP contribution is -2.40. The minimum atomic E-state index is -3.59. The first-order valence-electron chi connectivity index (χ1n) is 9.80. The van der Waals surface area contributed by atoms with Gasteiger partial charge in [0.15, 0.2) is 0 Å². The Labute approximate surface area is 189 Å². The largest absolute Gasteiger partial charge is 0.418 e. The van der Waals surface area contributed by atoms with E-state index < -0.39 is 15.9 Å². The molecule has 0 radical (unpaired) electrons. The summed E-state index contributed by atoms with van der Waals surface area (Å²) in [6.07, 6.45) is 0.715. The molecule has 2 heterocycles. The number of nitrogens with one attached hydrogen (secondary N) is 2. The van der Waals surface area contributed by atoms with E-state index in [1.807, 2.05) is 24.4 Å². The van der Waals surface area contributed by atoms with Gasteiger partial charge in [-0.25, -0.2) is 13.1 Å². The number of rotatable bonds is 10. The lowest BCUT2D eigenvalue weighted by molar-refractivity contribution is -0.131. The topological polar surface area (TPSA) is 134 Å². The fraction of sp³-hybridized carbons (Fsp3) is 0.300.